The molecule has 0 saturated heterocycles. The molecule has 0 radical (unpaired) electrons. The van der Waals surface area contributed by atoms with Crippen LogP contribution in [0.2, 0.25) is 0 Å². The maximum absolute atomic E-state index is 13.1. The van der Waals surface area contributed by atoms with Crippen molar-refractivity contribution in [2.45, 2.75) is 44.0 Å². The molecule has 1 aromatic carbocycles. The van der Waals surface area contributed by atoms with Crippen molar-refractivity contribution in [3.63, 3.8) is 0 Å². The molecule has 0 aliphatic heterocycles. The molecule has 2 atom stereocenters. The van der Waals surface area contributed by atoms with Gasteiger partial charge in [0.15, 0.2) is 0 Å². The smallest absolute Gasteiger partial charge is 0.417 e. The first kappa shape index (κ1) is 20.1. The number of rotatable bonds is 4. The van der Waals surface area contributed by atoms with Crippen molar-refractivity contribution in [2.24, 2.45) is 11.8 Å². The lowest BCUT2D eigenvalue weighted by molar-refractivity contribution is -0.137. The van der Waals surface area contributed by atoms with Gasteiger partial charge in [0.05, 0.1) is 28.9 Å². The summed E-state index contributed by atoms with van der Waals surface area (Å²) in [6.45, 7) is 0. The van der Waals surface area contributed by atoms with Gasteiger partial charge < -0.3 is 10.1 Å². The number of nitrogens with one attached hydrogen (secondary N) is 1. The highest BCUT2D eigenvalue weighted by Crippen LogP contribution is 2.45. The summed E-state index contributed by atoms with van der Waals surface area (Å²) in [6, 6.07) is 5.08. The average Bonchev–Trinajstić information content (AvgIpc) is 3.25. The molecule has 1 amide bonds. The van der Waals surface area contributed by atoms with Crippen molar-refractivity contribution in [3.05, 3.63) is 53.6 Å². The third-order valence-corrected chi connectivity index (χ3v) is 5.85. The number of nitriles is 1. The molecule has 2 aliphatic rings. The Balaban J connectivity index is 1.34. The quantitative estimate of drug-likeness (QED) is 0.821. The van der Waals surface area contributed by atoms with E-state index in [1.165, 1.54) is 24.8 Å². The van der Waals surface area contributed by atoms with Crippen LogP contribution in [-0.4, -0.2) is 28.0 Å². The van der Waals surface area contributed by atoms with E-state index in [2.05, 4.69) is 15.3 Å². The number of alkyl halides is 3. The first-order valence-electron chi connectivity index (χ1n) is 9.67. The molecule has 156 valence electrons. The number of ether oxygens (including phenoxy) is 1. The molecule has 6 nitrogen and oxygen atoms in total. The second-order valence-electron chi connectivity index (χ2n) is 7.82. The van der Waals surface area contributed by atoms with Gasteiger partial charge in [-0.15, -0.1) is 0 Å². The number of hydrogen-bond acceptors (Lipinski definition) is 5. The van der Waals surface area contributed by atoms with Crippen LogP contribution in [0.3, 0.4) is 0 Å². The van der Waals surface area contributed by atoms with Gasteiger partial charge >= 0.3 is 6.18 Å². The van der Waals surface area contributed by atoms with E-state index in [9.17, 15) is 18.0 Å². The van der Waals surface area contributed by atoms with E-state index in [0.29, 0.717) is 17.4 Å². The Morgan fingerprint density at radius 1 is 1.13 bits per heavy atom. The maximum atomic E-state index is 13.1. The maximum Gasteiger partial charge on any atom is 0.417 e. The number of nitrogens with zero attached hydrogens (tertiary/aromatic N) is 3. The van der Waals surface area contributed by atoms with Crippen molar-refractivity contribution in [1.82, 2.24) is 15.3 Å². The van der Waals surface area contributed by atoms with E-state index in [1.807, 2.05) is 0 Å². The zero-order valence-corrected chi connectivity index (χ0v) is 15.9. The lowest BCUT2D eigenvalue weighted by Gasteiger charge is -2.19. The van der Waals surface area contributed by atoms with Crippen molar-refractivity contribution in [1.29, 1.82) is 5.26 Å². The fourth-order valence-corrected chi connectivity index (χ4v) is 4.58. The number of fused-ring (bicyclic) bond motifs is 1. The summed E-state index contributed by atoms with van der Waals surface area (Å²) in [4.78, 5) is 19.9. The number of carbonyl (C=O) groups excluding carboxylic acids is 1. The molecule has 30 heavy (non-hydrogen) atoms. The van der Waals surface area contributed by atoms with E-state index in [4.69, 9.17) is 10.00 Å². The van der Waals surface area contributed by atoms with Gasteiger partial charge in [0.2, 0.25) is 0 Å². The van der Waals surface area contributed by atoms with E-state index in [0.717, 1.165) is 37.8 Å². The summed E-state index contributed by atoms with van der Waals surface area (Å²) >= 11 is 0. The predicted octanol–water partition coefficient (Wildman–Crippen LogP) is 3.73. The Morgan fingerprint density at radius 2 is 1.80 bits per heavy atom. The topological polar surface area (TPSA) is 87.9 Å². The van der Waals surface area contributed by atoms with Crippen LogP contribution in [-0.2, 0) is 6.18 Å². The van der Waals surface area contributed by atoms with Crippen molar-refractivity contribution in [3.8, 4) is 11.8 Å². The average molecular weight is 416 g/mol. The van der Waals surface area contributed by atoms with Crippen molar-refractivity contribution < 1.29 is 22.7 Å². The first-order chi connectivity index (χ1) is 14.3. The molecule has 2 unspecified atom stereocenters. The van der Waals surface area contributed by atoms with Crippen molar-refractivity contribution in [2.75, 3.05) is 0 Å². The van der Waals surface area contributed by atoms with Crippen LogP contribution in [0.25, 0.3) is 0 Å². The van der Waals surface area contributed by atoms with Gasteiger partial charge in [-0.05, 0) is 55.7 Å². The van der Waals surface area contributed by atoms with Crippen LogP contribution < -0.4 is 10.1 Å². The summed E-state index contributed by atoms with van der Waals surface area (Å²) in [6.07, 6.45) is 2.60. The normalized spacial score (nSPS) is 25.4. The number of halogens is 3. The molecule has 1 N–H and O–H groups in total. The standard InChI is InChI=1S/C21H19F3N4O2/c22-21(23,24)19-7-17(2-1-12(19)8-25)30-18-5-13-3-16(4-14(13)6-18)28-20(29)15-9-26-11-27-10-15/h1-2,7,9-11,13-14,16,18H,3-6H2,(H,28,29). The molecule has 2 aromatic rings. The number of benzene rings is 1. The minimum atomic E-state index is -4.61. The molecule has 2 saturated carbocycles. The molecular weight excluding hydrogens is 397 g/mol. The largest absolute Gasteiger partial charge is 0.490 e. The minimum Gasteiger partial charge on any atom is -0.490 e. The monoisotopic (exact) mass is 416 g/mol. The number of amides is 1. The van der Waals surface area contributed by atoms with Crippen LogP contribution in [0.5, 0.6) is 5.75 Å². The van der Waals surface area contributed by atoms with Gasteiger partial charge in [0, 0.05) is 18.4 Å². The van der Waals surface area contributed by atoms with Crippen LogP contribution in [0.4, 0.5) is 13.2 Å². The molecule has 2 aliphatic carbocycles. The second-order valence-corrected chi connectivity index (χ2v) is 7.82. The highest BCUT2D eigenvalue weighted by atomic mass is 19.4. The Bertz CT molecular complexity index is 960. The van der Waals surface area contributed by atoms with Gasteiger partial charge in [-0.3, -0.25) is 4.79 Å². The fourth-order valence-electron chi connectivity index (χ4n) is 4.58. The number of aromatic nitrogens is 2. The molecule has 9 heteroatoms. The summed E-state index contributed by atoms with van der Waals surface area (Å²) in [7, 11) is 0. The van der Waals surface area contributed by atoms with Gasteiger partial charge in [0.25, 0.3) is 5.91 Å². The van der Waals surface area contributed by atoms with Gasteiger partial charge in [-0.25, -0.2) is 9.97 Å². The summed E-state index contributed by atoms with van der Waals surface area (Å²) < 4.78 is 45.2. The molecule has 0 bridgehead atoms. The van der Waals surface area contributed by atoms with Crippen LogP contribution >= 0.6 is 0 Å². The second kappa shape index (κ2) is 7.94. The summed E-state index contributed by atoms with van der Waals surface area (Å²) in [5.41, 5.74) is -0.981. The number of hydrogen-bond donors (Lipinski definition) is 1. The predicted molar refractivity (Wildman–Crippen MR) is 99.3 cm³/mol. The van der Waals surface area contributed by atoms with E-state index < -0.39 is 17.3 Å². The highest BCUT2D eigenvalue weighted by molar-refractivity contribution is 5.93. The third kappa shape index (κ3) is 4.22. The third-order valence-electron chi connectivity index (χ3n) is 5.85. The summed E-state index contributed by atoms with van der Waals surface area (Å²) in [5.74, 6) is 0.631. The van der Waals surface area contributed by atoms with Crippen LogP contribution in [0.15, 0.2) is 36.9 Å². The van der Waals surface area contributed by atoms with Gasteiger partial charge in [0.1, 0.15) is 12.1 Å². The lowest BCUT2D eigenvalue weighted by atomic mass is 10.0. The number of carbonyl (C=O) groups is 1. The Morgan fingerprint density at radius 3 is 2.40 bits per heavy atom. The molecular formula is C21H19F3N4O2. The lowest BCUT2D eigenvalue weighted by Crippen LogP contribution is -2.33. The highest BCUT2D eigenvalue weighted by Gasteiger charge is 2.43. The van der Waals surface area contributed by atoms with E-state index in [1.54, 1.807) is 6.07 Å². The molecule has 0 spiro atoms. The molecule has 2 fully saturated rings. The molecule has 1 aromatic heterocycles. The van der Waals surface area contributed by atoms with Crippen LogP contribution in [0.1, 0.15) is 47.2 Å². The Labute approximate surface area is 171 Å². The molecule has 1 heterocycles. The van der Waals surface area contributed by atoms with Gasteiger partial charge in [-0.1, -0.05) is 0 Å². The van der Waals surface area contributed by atoms with Crippen LogP contribution in [0, 0.1) is 23.2 Å². The first-order valence-corrected chi connectivity index (χ1v) is 9.67. The zero-order chi connectivity index (χ0) is 21.3. The Kier molecular flexibility index (Phi) is 5.33. The van der Waals surface area contributed by atoms with E-state index in [-0.39, 0.29) is 23.8 Å². The zero-order valence-electron chi connectivity index (χ0n) is 15.9. The molecule has 4 rings (SSSR count). The SMILES string of the molecule is N#Cc1ccc(OC2CC3CC(NC(=O)c4cncnc4)CC3C2)cc1C(F)(F)F. The Hall–Kier alpha value is -3.15. The van der Waals surface area contributed by atoms with E-state index >= 15 is 0 Å². The van der Waals surface area contributed by atoms with Gasteiger partial charge in [-0.2, -0.15) is 18.4 Å². The minimum absolute atomic E-state index is 0.0559. The fraction of sp³-hybridized carbons (Fsp3) is 0.429. The van der Waals surface area contributed by atoms with Crippen molar-refractivity contribution >= 4 is 5.91 Å². The summed E-state index contributed by atoms with van der Waals surface area (Å²) in [5, 5.41) is 11.9.